The van der Waals surface area contributed by atoms with Gasteiger partial charge < -0.3 is 10.0 Å². The third-order valence-corrected chi connectivity index (χ3v) is 1.70. The molecule has 0 aromatic rings. The number of hydrogen-bond donors (Lipinski definition) is 1. The van der Waals surface area contributed by atoms with E-state index in [4.69, 9.17) is 11.5 Å². The van der Waals surface area contributed by atoms with Gasteiger partial charge in [0.05, 0.1) is 6.61 Å². The topological polar surface area (TPSA) is 40.5 Å². The molecule has 0 aromatic heterocycles. The fraction of sp³-hybridized carbons (Fsp3) is 0.700. The number of rotatable bonds is 6. The maximum absolute atomic E-state index is 11.4. The van der Waals surface area contributed by atoms with Gasteiger partial charge in [0.15, 0.2) is 0 Å². The van der Waals surface area contributed by atoms with Crippen molar-refractivity contribution < 1.29 is 9.90 Å². The molecule has 0 unspecified atom stereocenters. The lowest BCUT2D eigenvalue weighted by Crippen LogP contribution is -2.33. The first-order valence-corrected chi connectivity index (χ1v) is 4.58. The molecule has 0 saturated carbocycles. The minimum atomic E-state index is 0.0157. The molecule has 3 nitrogen and oxygen atoms in total. The van der Waals surface area contributed by atoms with Crippen LogP contribution >= 0.6 is 0 Å². The standard InChI is InChI=1S/C10H17NO2/c1-3-5-6-10(13)11(7-4-2)8-9-12/h1,12H,4-9H2,2H3. The lowest BCUT2D eigenvalue weighted by molar-refractivity contribution is -0.131. The van der Waals surface area contributed by atoms with Crippen molar-refractivity contribution in [2.75, 3.05) is 19.7 Å². The van der Waals surface area contributed by atoms with E-state index in [1.807, 2.05) is 6.92 Å². The summed E-state index contributed by atoms with van der Waals surface area (Å²) in [5.74, 6) is 2.46. The summed E-state index contributed by atoms with van der Waals surface area (Å²) < 4.78 is 0. The summed E-state index contributed by atoms with van der Waals surface area (Å²) in [7, 11) is 0. The third-order valence-electron chi connectivity index (χ3n) is 1.70. The van der Waals surface area contributed by atoms with Crippen molar-refractivity contribution in [3.05, 3.63) is 0 Å². The molecule has 1 amide bonds. The highest BCUT2D eigenvalue weighted by Crippen LogP contribution is 1.98. The molecule has 0 fully saturated rings. The van der Waals surface area contributed by atoms with Crippen LogP contribution in [0.15, 0.2) is 0 Å². The van der Waals surface area contributed by atoms with Gasteiger partial charge in [-0.2, -0.15) is 0 Å². The van der Waals surface area contributed by atoms with Crippen LogP contribution < -0.4 is 0 Å². The first kappa shape index (κ1) is 12.0. The average molecular weight is 183 g/mol. The Hall–Kier alpha value is -1.01. The fourth-order valence-corrected chi connectivity index (χ4v) is 1.09. The molecule has 0 heterocycles. The monoisotopic (exact) mass is 183 g/mol. The van der Waals surface area contributed by atoms with Crippen LogP contribution in [0, 0.1) is 12.3 Å². The predicted octanol–water partition coefficient (Wildman–Crippen LogP) is 0.631. The van der Waals surface area contributed by atoms with Gasteiger partial charge in [-0.3, -0.25) is 4.79 Å². The molecular formula is C10H17NO2. The summed E-state index contributed by atoms with van der Waals surface area (Å²) in [6.07, 6.45) is 6.82. The minimum absolute atomic E-state index is 0.0157. The van der Waals surface area contributed by atoms with Crippen molar-refractivity contribution >= 4 is 5.91 Å². The van der Waals surface area contributed by atoms with Crippen LogP contribution in [-0.4, -0.2) is 35.6 Å². The Morgan fingerprint density at radius 2 is 2.23 bits per heavy atom. The van der Waals surface area contributed by atoms with E-state index in [1.54, 1.807) is 4.90 Å². The number of nitrogens with zero attached hydrogens (tertiary/aromatic N) is 1. The van der Waals surface area contributed by atoms with E-state index >= 15 is 0 Å². The zero-order valence-electron chi connectivity index (χ0n) is 8.12. The van der Waals surface area contributed by atoms with Gasteiger partial charge in [0.25, 0.3) is 0 Å². The quantitative estimate of drug-likeness (QED) is 0.614. The van der Waals surface area contributed by atoms with Gasteiger partial charge in [0.1, 0.15) is 0 Å². The van der Waals surface area contributed by atoms with Crippen molar-refractivity contribution in [2.24, 2.45) is 0 Å². The van der Waals surface area contributed by atoms with Crippen LogP contribution in [0.2, 0.25) is 0 Å². The molecule has 0 radical (unpaired) electrons. The highest BCUT2D eigenvalue weighted by Gasteiger charge is 2.10. The Labute approximate surface area is 79.7 Å². The van der Waals surface area contributed by atoms with E-state index in [1.165, 1.54) is 0 Å². The lowest BCUT2D eigenvalue weighted by Gasteiger charge is -2.20. The van der Waals surface area contributed by atoms with Crippen molar-refractivity contribution in [1.29, 1.82) is 0 Å². The summed E-state index contributed by atoms with van der Waals surface area (Å²) in [6.45, 7) is 3.13. The maximum atomic E-state index is 11.4. The number of terminal acetylenes is 1. The molecule has 74 valence electrons. The Morgan fingerprint density at radius 3 is 2.69 bits per heavy atom. The summed E-state index contributed by atoms with van der Waals surface area (Å²) in [6, 6.07) is 0. The number of hydrogen-bond acceptors (Lipinski definition) is 2. The van der Waals surface area contributed by atoms with Gasteiger partial charge in [0.2, 0.25) is 5.91 Å². The van der Waals surface area contributed by atoms with Crippen molar-refractivity contribution in [2.45, 2.75) is 26.2 Å². The second-order valence-electron chi connectivity index (χ2n) is 2.81. The Balaban J connectivity index is 3.88. The first-order chi connectivity index (χ1) is 6.26. The fourth-order valence-electron chi connectivity index (χ4n) is 1.09. The number of amides is 1. The normalized spacial score (nSPS) is 9.31. The van der Waals surface area contributed by atoms with Gasteiger partial charge in [0, 0.05) is 25.9 Å². The Morgan fingerprint density at radius 1 is 1.54 bits per heavy atom. The second-order valence-corrected chi connectivity index (χ2v) is 2.81. The van der Waals surface area contributed by atoms with Crippen LogP contribution in [0.5, 0.6) is 0 Å². The summed E-state index contributed by atoms with van der Waals surface area (Å²) >= 11 is 0. The molecular weight excluding hydrogens is 166 g/mol. The summed E-state index contributed by atoms with van der Waals surface area (Å²) in [4.78, 5) is 13.1. The zero-order valence-corrected chi connectivity index (χ0v) is 8.12. The third kappa shape index (κ3) is 5.26. The molecule has 0 saturated heterocycles. The molecule has 0 aliphatic carbocycles. The molecule has 0 rings (SSSR count). The number of aliphatic hydroxyl groups excluding tert-OH is 1. The minimum Gasteiger partial charge on any atom is -0.395 e. The van der Waals surface area contributed by atoms with Crippen LogP contribution in [0.3, 0.4) is 0 Å². The molecule has 0 aliphatic heterocycles. The highest BCUT2D eigenvalue weighted by molar-refractivity contribution is 5.76. The number of aliphatic hydroxyl groups is 1. The van der Waals surface area contributed by atoms with E-state index in [0.717, 1.165) is 6.42 Å². The van der Waals surface area contributed by atoms with Crippen molar-refractivity contribution in [3.63, 3.8) is 0 Å². The summed E-state index contributed by atoms with van der Waals surface area (Å²) in [5, 5.41) is 8.70. The Kier molecular flexibility index (Phi) is 7.04. The van der Waals surface area contributed by atoms with Gasteiger partial charge in [-0.05, 0) is 6.42 Å². The Bertz CT molecular complexity index is 178. The first-order valence-electron chi connectivity index (χ1n) is 4.58. The van der Waals surface area contributed by atoms with E-state index in [2.05, 4.69) is 5.92 Å². The molecule has 0 spiro atoms. The largest absolute Gasteiger partial charge is 0.395 e. The summed E-state index contributed by atoms with van der Waals surface area (Å²) in [5.41, 5.74) is 0. The number of carbonyl (C=O) groups is 1. The lowest BCUT2D eigenvalue weighted by atomic mass is 10.2. The molecule has 0 atom stereocenters. The van der Waals surface area contributed by atoms with Crippen molar-refractivity contribution in [3.8, 4) is 12.3 Å². The van der Waals surface area contributed by atoms with Gasteiger partial charge >= 0.3 is 0 Å². The van der Waals surface area contributed by atoms with E-state index < -0.39 is 0 Å². The van der Waals surface area contributed by atoms with Crippen LogP contribution in [-0.2, 0) is 4.79 Å². The molecule has 13 heavy (non-hydrogen) atoms. The van der Waals surface area contributed by atoms with E-state index in [0.29, 0.717) is 25.9 Å². The molecule has 0 bridgehead atoms. The number of carbonyl (C=O) groups excluding carboxylic acids is 1. The second kappa shape index (κ2) is 7.63. The van der Waals surface area contributed by atoms with Crippen LogP contribution in [0.4, 0.5) is 0 Å². The van der Waals surface area contributed by atoms with Gasteiger partial charge in [-0.15, -0.1) is 12.3 Å². The molecule has 1 N–H and O–H groups in total. The van der Waals surface area contributed by atoms with E-state index in [9.17, 15) is 4.79 Å². The highest BCUT2D eigenvalue weighted by atomic mass is 16.3. The predicted molar refractivity (Wildman–Crippen MR) is 52.0 cm³/mol. The van der Waals surface area contributed by atoms with Crippen molar-refractivity contribution in [1.82, 2.24) is 4.90 Å². The average Bonchev–Trinajstić information content (AvgIpc) is 2.14. The van der Waals surface area contributed by atoms with Gasteiger partial charge in [-0.25, -0.2) is 0 Å². The van der Waals surface area contributed by atoms with Crippen LogP contribution in [0.1, 0.15) is 26.2 Å². The van der Waals surface area contributed by atoms with E-state index in [-0.39, 0.29) is 12.5 Å². The SMILES string of the molecule is C#CCCC(=O)N(CCC)CCO. The zero-order chi connectivity index (χ0) is 10.1. The molecule has 0 aliphatic rings. The van der Waals surface area contributed by atoms with Gasteiger partial charge in [-0.1, -0.05) is 6.92 Å². The molecule has 0 aromatic carbocycles. The molecule has 3 heteroatoms. The van der Waals surface area contributed by atoms with Crippen LogP contribution in [0.25, 0.3) is 0 Å². The maximum Gasteiger partial charge on any atom is 0.223 e. The smallest absolute Gasteiger partial charge is 0.223 e.